The van der Waals surface area contributed by atoms with Crippen molar-refractivity contribution in [1.29, 1.82) is 0 Å². The summed E-state index contributed by atoms with van der Waals surface area (Å²) in [6.45, 7) is 5.59. The maximum Gasteiger partial charge on any atom is 0.0509 e. The second-order valence-corrected chi connectivity index (χ2v) is 4.73. The van der Waals surface area contributed by atoms with Crippen molar-refractivity contribution < 1.29 is 9.84 Å². The van der Waals surface area contributed by atoms with Gasteiger partial charge in [0.25, 0.3) is 0 Å². The van der Waals surface area contributed by atoms with Crippen LogP contribution in [-0.2, 0) is 4.74 Å². The van der Waals surface area contributed by atoms with Crippen LogP contribution in [0.2, 0.25) is 0 Å². The van der Waals surface area contributed by atoms with Crippen LogP contribution in [0, 0.1) is 5.92 Å². The summed E-state index contributed by atoms with van der Waals surface area (Å²) in [5, 5.41) is 12.3. The zero-order valence-corrected chi connectivity index (χ0v) is 10.6. The van der Waals surface area contributed by atoms with Crippen LogP contribution >= 0.6 is 0 Å². The number of ether oxygens (including phenoxy) is 1. The third kappa shape index (κ3) is 5.28. The van der Waals surface area contributed by atoms with Crippen LogP contribution < -0.4 is 5.32 Å². The van der Waals surface area contributed by atoms with Gasteiger partial charge in [-0.25, -0.2) is 0 Å². The molecular weight excluding hydrogens is 202 g/mol. The Hall–Kier alpha value is -0.120. The molecule has 0 spiro atoms. The van der Waals surface area contributed by atoms with Crippen LogP contribution in [0.1, 0.15) is 45.4 Å². The fourth-order valence-corrected chi connectivity index (χ4v) is 2.39. The fourth-order valence-electron chi connectivity index (χ4n) is 2.39. The lowest BCUT2D eigenvalue weighted by atomic mass is 9.97. The molecule has 0 bridgehead atoms. The van der Waals surface area contributed by atoms with Gasteiger partial charge in [0, 0.05) is 19.3 Å². The van der Waals surface area contributed by atoms with E-state index in [9.17, 15) is 0 Å². The van der Waals surface area contributed by atoms with Crippen molar-refractivity contribution in [2.24, 2.45) is 5.92 Å². The van der Waals surface area contributed by atoms with E-state index in [1.54, 1.807) is 0 Å². The van der Waals surface area contributed by atoms with E-state index in [1.165, 1.54) is 25.7 Å². The molecule has 2 unspecified atom stereocenters. The molecule has 0 aromatic heterocycles. The number of unbranched alkanes of at least 4 members (excludes halogenated alkanes) is 3. The zero-order valence-electron chi connectivity index (χ0n) is 10.6. The van der Waals surface area contributed by atoms with Gasteiger partial charge >= 0.3 is 0 Å². The summed E-state index contributed by atoms with van der Waals surface area (Å²) < 4.78 is 5.43. The third-order valence-corrected chi connectivity index (χ3v) is 3.47. The lowest BCUT2D eigenvalue weighted by Gasteiger charge is -2.22. The molecule has 0 amide bonds. The summed E-state index contributed by atoms with van der Waals surface area (Å²) in [6, 6.07) is 0.639. The average molecular weight is 229 g/mol. The predicted octanol–water partition coefficient (Wildman–Crippen LogP) is 1.94. The van der Waals surface area contributed by atoms with Gasteiger partial charge in [-0.2, -0.15) is 0 Å². The molecule has 0 radical (unpaired) electrons. The van der Waals surface area contributed by atoms with Crippen LogP contribution in [0.15, 0.2) is 0 Å². The highest BCUT2D eigenvalue weighted by molar-refractivity contribution is 4.78. The molecule has 3 heteroatoms. The Morgan fingerprint density at radius 2 is 2.12 bits per heavy atom. The lowest BCUT2D eigenvalue weighted by molar-refractivity contribution is 0.175. The Balaban J connectivity index is 2.00. The molecule has 1 fully saturated rings. The van der Waals surface area contributed by atoms with Crippen LogP contribution in [-0.4, -0.2) is 37.5 Å². The Kier molecular flexibility index (Phi) is 7.81. The Bertz CT molecular complexity index is 158. The van der Waals surface area contributed by atoms with Crippen molar-refractivity contribution in [3.63, 3.8) is 0 Å². The number of aliphatic hydroxyl groups is 1. The fraction of sp³-hybridized carbons (Fsp3) is 1.00. The smallest absolute Gasteiger partial charge is 0.0509 e. The van der Waals surface area contributed by atoms with E-state index < -0.39 is 0 Å². The minimum atomic E-state index is 0.338. The van der Waals surface area contributed by atoms with E-state index in [4.69, 9.17) is 9.84 Å². The molecule has 0 aromatic rings. The standard InChI is InChI=1S/C13H27NO2/c1-2-13(12-7-10-16-11-12)14-8-5-3-4-6-9-15/h12-15H,2-11H2,1H3. The molecule has 1 rings (SSSR count). The number of nitrogens with one attached hydrogen (secondary N) is 1. The van der Waals surface area contributed by atoms with Gasteiger partial charge in [0.15, 0.2) is 0 Å². The van der Waals surface area contributed by atoms with Gasteiger partial charge in [0.2, 0.25) is 0 Å². The first-order valence-corrected chi connectivity index (χ1v) is 6.80. The Morgan fingerprint density at radius 3 is 2.75 bits per heavy atom. The van der Waals surface area contributed by atoms with Gasteiger partial charge in [0.1, 0.15) is 0 Å². The first-order chi connectivity index (χ1) is 7.88. The monoisotopic (exact) mass is 229 g/mol. The number of hydrogen-bond acceptors (Lipinski definition) is 3. The van der Waals surface area contributed by atoms with Crippen molar-refractivity contribution >= 4 is 0 Å². The quantitative estimate of drug-likeness (QED) is 0.594. The molecule has 0 saturated carbocycles. The number of aliphatic hydroxyl groups excluding tert-OH is 1. The second-order valence-electron chi connectivity index (χ2n) is 4.73. The molecule has 3 nitrogen and oxygen atoms in total. The number of rotatable bonds is 9. The average Bonchev–Trinajstić information content (AvgIpc) is 2.82. The molecular formula is C13H27NO2. The van der Waals surface area contributed by atoms with Gasteiger partial charge in [0.05, 0.1) is 6.61 Å². The maximum atomic E-state index is 8.66. The predicted molar refractivity (Wildman–Crippen MR) is 66.6 cm³/mol. The molecule has 1 aliphatic heterocycles. The first-order valence-electron chi connectivity index (χ1n) is 6.80. The summed E-state index contributed by atoms with van der Waals surface area (Å²) in [4.78, 5) is 0. The van der Waals surface area contributed by atoms with Gasteiger partial charge in [-0.05, 0) is 38.1 Å². The largest absolute Gasteiger partial charge is 0.396 e. The second kappa shape index (κ2) is 8.97. The highest BCUT2D eigenvalue weighted by Gasteiger charge is 2.23. The zero-order chi connectivity index (χ0) is 11.6. The molecule has 2 atom stereocenters. The van der Waals surface area contributed by atoms with E-state index in [0.717, 1.165) is 38.5 Å². The first kappa shape index (κ1) is 13.9. The van der Waals surface area contributed by atoms with Crippen molar-refractivity contribution in [1.82, 2.24) is 5.32 Å². The summed E-state index contributed by atoms with van der Waals surface area (Å²) in [7, 11) is 0. The third-order valence-electron chi connectivity index (χ3n) is 3.47. The summed E-state index contributed by atoms with van der Waals surface area (Å²) in [5.74, 6) is 0.724. The summed E-state index contributed by atoms with van der Waals surface area (Å²) in [6.07, 6.45) is 6.98. The highest BCUT2D eigenvalue weighted by atomic mass is 16.5. The van der Waals surface area contributed by atoms with Crippen LogP contribution in [0.25, 0.3) is 0 Å². The van der Waals surface area contributed by atoms with Gasteiger partial charge < -0.3 is 15.2 Å². The minimum Gasteiger partial charge on any atom is -0.396 e. The van der Waals surface area contributed by atoms with Crippen molar-refractivity contribution in [2.45, 2.75) is 51.5 Å². The van der Waals surface area contributed by atoms with E-state index in [1.807, 2.05) is 0 Å². The highest BCUT2D eigenvalue weighted by Crippen LogP contribution is 2.18. The van der Waals surface area contributed by atoms with Crippen molar-refractivity contribution in [3.8, 4) is 0 Å². The molecule has 0 aliphatic carbocycles. The van der Waals surface area contributed by atoms with Crippen LogP contribution in [0.4, 0.5) is 0 Å². The lowest BCUT2D eigenvalue weighted by Crippen LogP contribution is -2.36. The van der Waals surface area contributed by atoms with Crippen LogP contribution in [0.3, 0.4) is 0 Å². The van der Waals surface area contributed by atoms with Crippen molar-refractivity contribution in [2.75, 3.05) is 26.4 Å². The van der Waals surface area contributed by atoms with E-state index in [2.05, 4.69) is 12.2 Å². The van der Waals surface area contributed by atoms with E-state index >= 15 is 0 Å². The topological polar surface area (TPSA) is 41.5 Å². The molecule has 1 saturated heterocycles. The number of hydrogen-bond donors (Lipinski definition) is 2. The molecule has 16 heavy (non-hydrogen) atoms. The molecule has 2 N–H and O–H groups in total. The van der Waals surface area contributed by atoms with Crippen molar-refractivity contribution in [3.05, 3.63) is 0 Å². The molecule has 1 aliphatic rings. The van der Waals surface area contributed by atoms with Gasteiger partial charge in [-0.15, -0.1) is 0 Å². The maximum absolute atomic E-state index is 8.66. The molecule has 0 aromatic carbocycles. The van der Waals surface area contributed by atoms with Gasteiger partial charge in [-0.3, -0.25) is 0 Å². The minimum absolute atomic E-state index is 0.338. The summed E-state index contributed by atoms with van der Waals surface area (Å²) in [5.41, 5.74) is 0. The Labute approximate surface area is 99.6 Å². The van der Waals surface area contributed by atoms with E-state index in [0.29, 0.717) is 12.6 Å². The van der Waals surface area contributed by atoms with Crippen LogP contribution in [0.5, 0.6) is 0 Å². The van der Waals surface area contributed by atoms with Gasteiger partial charge in [-0.1, -0.05) is 19.8 Å². The molecule has 96 valence electrons. The SMILES string of the molecule is CCC(NCCCCCCO)C1CCOC1. The molecule has 1 heterocycles. The Morgan fingerprint density at radius 1 is 1.31 bits per heavy atom. The normalized spacial score (nSPS) is 22.5. The summed E-state index contributed by atoms with van der Waals surface area (Å²) >= 11 is 0. The van der Waals surface area contributed by atoms with E-state index in [-0.39, 0.29) is 0 Å².